The lowest BCUT2D eigenvalue weighted by atomic mass is 10.1. The maximum Gasteiger partial charge on any atom is 0.281 e. The number of ether oxygens (including phenoxy) is 2. The number of nitrogens with two attached hydrogens (primary N) is 2. The minimum absolute atomic E-state index is 0.00470. The molecule has 31 heteroatoms. The first-order chi connectivity index (χ1) is 41.3. The summed E-state index contributed by atoms with van der Waals surface area (Å²) in [5.41, 5.74) is 12.7. The Kier molecular flexibility index (Phi) is 17.7. The van der Waals surface area contributed by atoms with Crippen molar-refractivity contribution in [3.63, 3.8) is 0 Å². The molecule has 0 bridgehead atoms. The number of aromatic nitrogens is 12. The normalized spacial score (nSPS) is 14.3. The van der Waals surface area contributed by atoms with Gasteiger partial charge in [0.2, 0.25) is 17.5 Å². The maximum atomic E-state index is 15.3. The number of halogens is 8. The second-order valence-corrected chi connectivity index (χ2v) is 21.1. The van der Waals surface area contributed by atoms with Crippen LogP contribution in [0.4, 0.5) is 29.2 Å². The van der Waals surface area contributed by atoms with E-state index in [4.69, 9.17) is 77.3 Å². The van der Waals surface area contributed by atoms with Crippen LogP contribution in [0.1, 0.15) is 44.5 Å². The topological polar surface area (TPSA) is 266 Å². The lowest BCUT2D eigenvalue weighted by Crippen LogP contribution is -2.56. The highest BCUT2D eigenvalue weighted by molar-refractivity contribution is 6.40. The number of hydrogen-bond acceptors (Lipinski definition) is 18. The molecule has 0 spiro atoms. The second-order valence-electron chi connectivity index (χ2n) is 19.4. The highest BCUT2D eigenvalue weighted by atomic mass is 35.5. The third-order valence-electron chi connectivity index (χ3n) is 14.6. The van der Waals surface area contributed by atoms with Gasteiger partial charge in [0.05, 0.1) is 75.3 Å². The number of carbonyl (C=O) groups excluding carboxylic acids is 1. The molecule has 2 atom stereocenters. The number of methoxy groups -OCH3 is 2. The standard InChI is InChI=1S/C28H26ClF2N9O3.C26H24ClF2N9O2.CH2Cl2/c1-14(39-27-21(25(32)33-13-34-27)24(36-39)16-7-8-19(43-3)23(31)22(16)30)26-35-18-6-4-5-17(29)20(18)28(42)40(26)38-11-9-37(10-12-38)15(2)41;1-13(24-34-16-5-3-4-15(27)18(16)26(39)38(24)36-10-8-31-9-11-36)37-25-19(23(30)32-12-33-25)22(35-37)14-6-7-17(40-2)21(29)20(14)28;2-1-3/h4-8,13-14H,9-12H2,1-3H3,(H2,32,33,34);3-7,12-13,31H,8-11H2,1-2H3,(H2,30,32,33);1H2. The highest BCUT2D eigenvalue weighted by Gasteiger charge is 2.33. The van der Waals surface area contributed by atoms with Gasteiger partial charge in [0, 0.05) is 57.3 Å². The van der Waals surface area contributed by atoms with E-state index < -0.39 is 40.9 Å². The minimum atomic E-state index is -1.18. The number of fused-ring (bicyclic) bond motifs is 4. The van der Waals surface area contributed by atoms with Gasteiger partial charge >= 0.3 is 0 Å². The number of amides is 1. The van der Waals surface area contributed by atoms with E-state index in [1.165, 1.54) is 76.8 Å². The van der Waals surface area contributed by atoms with Crippen molar-refractivity contribution in [3.8, 4) is 34.0 Å². The molecule has 23 nitrogen and oxygen atoms in total. The fourth-order valence-corrected chi connectivity index (χ4v) is 10.9. The van der Waals surface area contributed by atoms with Crippen LogP contribution in [0.15, 0.2) is 82.9 Å². The van der Waals surface area contributed by atoms with Gasteiger partial charge in [0.15, 0.2) is 46.1 Å². The molecular weight excluding hydrogens is 1210 g/mol. The smallest absolute Gasteiger partial charge is 0.281 e. The van der Waals surface area contributed by atoms with Crippen molar-refractivity contribution in [1.29, 1.82) is 0 Å². The van der Waals surface area contributed by atoms with Crippen molar-refractivity contribution in [2.75, 3.05) is 93.4 Å². The Morgan fingerprint density at radius 1 is 0.605 bits per heavy atom. The fourth-order valence-electron chi connectivity index (χ4n) is 10.4. The van der Waals surface area contributed by atoms with E-state index in [0.29, 0.717) is 79.6 Å². The number of nitrogen functional groups attached to an aromatic ring is 2. The summed E-state index contributed by atoms with van der Waals surface area (Å²) in [6.45, 7) is 8.98. The first-order valence-corrected chi connectivity index (χ1v) is 28.2. The third-order valence-corrected chi connectivity index (χ3v) is 15.3. The first-order valence-electron chi connectivity index (χ1n) is 26.4. The van der Waals surface area contributed by atoms with Crippen LogP contribution in [0.25, 0.3) is 66.4 Å². The quantitative estimate of drug-likeness (QED) is 0.0887. The van der Waals surface area contributed by atoms with Crippen LogP contribution in [0.2, 0.25) is 10.0 Å². The maximum absolute atomic E-state index is 15.3. The van der Waals surface area contributed by atoms with Crippen molar-refractivity contribution in [2.45, 2.75) is 32.9 Å². The number of benzene rings is 4. The molecule has 0 radical (unpaired) electrons. The molecule has 10 aromatic rings. The van der Waals surface area contributed by atoms with Crippen LogP contribution < -0.4 is 47.4 Å². The van der Waals surface area contributed by atoms with E-state index in [1.54, 1.807) is 60.2 Å². The summed E-state index contributed by atoms with van der Waals surface area (Å²) in [5.74, 6) is -4.57. The summed E-state index contributed by atoms with van der Waals surface area (Å²) in [7, 11) is 2.48. The first kappa shape index (κ1) is 60.5. The molecule has 2 aliphatic rings. The summed E-state index contributed by atoms with van der Waals surface area (Å²) in [4.78, 5) is 68.1. The number of piperazine rings is 2. The Bertz CT molecular complexity index is 4390. The van der Waals surface area contributed by atoms with Crippen LogP contribution >= 0.6 is 46.4 Å². The molecule has 2 fully saturated rings. The van der Waals surface area contributed by atoms with E-state index >= 15 is 8.78 Å². The number of nitrogens with one attached hydrogen (secondary N) is 1. The third kappa shape index (κ3) is 10.9. The van der Waals surface area contributed by atoms with Gasteiger partial charge in [-0.3, -0.25) is 14.4 Å². The number of hydrogen-bond donors (Lipinski definition) is 3. The van der Waals surface area contributed by atoms with Crippen molar-refractivity contribution >= 4 is 108 Å². The molecule has 12 rings (SSSR count). The number of rotatable bonds is 10. The van der Waals surface area contributed by atoms with E-state index in [-0.39, 0.29) is 101 Å². The molecule has 2 saturated heterocycles. The van der Waals surface area contributed by atoms with Crippen LogP contribution in [-0.4, -0.2) is 142 Å². The fraction of sp³-hybridized carbons (Fsp3) is 0.291. The molecule has 5 N–H and O–H groups in total. The summed E-state index contributed by atoms with van der Waals surface area (Å²) in [6.07, 6.45) is 2.49. The zero-order valence-electron chi connectivity index (χ0n) is 46.4. The van der Waals surface area contributed by atoms with Gasteiger partial charge in [-0.2, -0.15) is 19.0 Å². The average molecular weight is 1260 g/mol. The molecule has 448 valence electrons. The van der Waals surface area contributed by atoms with Gasteiger partial charge in [-0.05, 0) is 62.4 Å². The van der Waals surface area contributed by atoms with Crippen molar-refractivity contribution in [2.24, 2.45) is 0 Å². The minimum Gasteiger partial charge on any atom is -0.494 e. The second kappa shape index (κ2) is 25.1. The summed E-state index contributed by atoms with van der Waals surface area (Å²) in [5, 5.41) is 18.0. The monoisotopic (exact) mass is 1260 g/mol. The van der Waals surface area contributed by atoms with Crippen LogP contribution in [0.3, 0.4) is 0 Å². The molecular formula is C55H52Cl4F4N18O5. The molecule has 6 aromatic heterocycles. The number of anilines is 2. The van der Waals surface area contributed by atoms with Crippen molar-refractivity contribution < 1.29 is 31.8 Å². The largest absolute Gasteiger partial charge is 0.494 e. The van der Waals surface area contributed by atoms with E-state index in [0.717, 1.165) is 0 Å². The molecule has 1 amide bonds. The summed E-state index contributed by atoms with van der Waals surface area (Å²) >= 11 is 22.4. The molecule has 2 aliphatic heterocycles. The molecule has 8 heterocycles. The number of alkyl halides is 2. The highest BCUT2D eigenvalue weighted by Crippen LogP contribution is 2.39. The Morgan fingerprint density at radius 2 is 1.01 bits per heavy atom. The van der Waals surface area contributed by atoms with Gasteiger partial charge in [-0.25, -0.2) is 57.4 Å². The lowest BCUT2D eigenvalue weighted by Gasteiger charge is -2.37. The zero-order chi connectivity index (χ0) is 61.4. The Hall–Kier alpha value is -8.63. The average Bonchev–Trinajstić information content (AvgIpc) is 1.52. The predicted molar refractivity (Wildman–Crippen MR) is 321 cm³/mol. The molecule has 4 aromatic carbocycles. The number of carbonyl (C=O) groups is 1. The molecule has 86 heavy (non-hydrogen) atoms. The predicted octanol–water partition coefficient (Wildman–Crippen LogP) is 7.43. The van der Waals surface area contributed by atoms with Crippen molar-refractivity contribution in [1.82, 2.24) is 69.0 Å². The van der Waals surface area contributed by atoms with Crippen LogP contribution in [0, 0.1) is 23.3 Å². The van der Waals surface area contributed by atoms with E-state index in [2.05, 4.69) is 35.5 Å². The Morgan fingerprint density at radius 3 is 1.41 bits per heavy atom. The van der Waals surface area contributed by atoms with Gasteiger partial charge < -0.3 is 41.2 Å². The van der Waals surface area contributed by atoms with Gasteiger partial charge in [0.1, 0.15) is 47.8 Å². The van der Waals surface area contributed by atoms with Gasteiger partial charge in [-0.1, -0.05) is 35.3 Å². The Labute approximate surface area is 505 Å². The SMILES string of the molecule is COc1ccc(-c2nn(C(C)c3nc4cccc(Cl)c4c(=O)n3N3CCN(C(C)=O)CC3)c3ncnc(N)c23)c(F)c1F.COc1ccc(-c2nn(C(C)c3nc4cccc(Cl)c4c(=O)n3N3CCNCC3)c3ncnc(N)c23)c(F)c1F.ClCCl. The zero-order valence-corrected chi connectivity index (χ0v) is 49.4. The lowest BCUT2D eigenvalue weighted by molar-refractivity contribution is -0.129. The van der Waals surface area contributed by atoms with Crippen LogP contribution in [-0.2, 0) is 4.79 Å². The van der Waals surface area contributed by atoms with Crippen molar-refractivity contribution in [3.05, 3.63) is 139 Å². The Balaban J connectivity index is 0.000000183. The number of nitrogens with zero attached hydrogens (tertiary/aromatic N) is 15. The molecule has 0 aliphatic carbocycles. The summed E-state index contributed by atoms with van der Waals surface area (Å²) < 4.78 is 75.7. The van der Waals surface area contributed by atoms with Gasteiger partial charge in [-0.15, -0.1) is 23.2 Å². The van der Waals surface area contributed by atoms with E-state index in [9.17, 15) is 23.2 Å². The summed E-state index contributed by atoms with van der Waals surface area (Å²) in [6, 6.07) is 13.9. The van der Waals surface area contributed by atoms with E-state index in [1.807, 2.05) is 5.01 Å². The van der Waals surface area contributed by atoms with Crippen LogP contribution in [0.5, 0.6) is 11.5 Å². The molecule has 0 saturated carbocycles. The van der Waals surface area contributed by atoms with Gasteiger partial charge in [0.25, 0.3) is 11.1 Å². The molecule has 2 unspecified atom stereocenters.